The predicted octanol–water partition coefficient (Wildman–Crippen LogP) is 6.30. The predicted molar refractivity (Wildman–Crippen MR) is 122 cm³/mol. The molecule has 29 heavy (non-hydrogen) atoms. The number of aromatic nitrogens is 1. The van der Waals surface area contributed by atoms with Gasteiger partial charge in [-0.1, -0.05) is 53.3 Å². The van der Waals surface area contributed by atoms with Gasteiger partial charge >= 0.3 is 0 Å². The second-order valence-corrected chi connectivity index (χ2v) is 9.65. The zero-order chi connectivity index (χ0) is 20.0. The van der Waals surface area contributed by atoms with Crippen LogP contribution in [0.15, 0.2) is 42.5 Å². The fraction of sp³-hybridized carbons (Fsp3) is 0.273. The Balaban J connectivity index is 1.59. The van der Waals surface area contributed by atoms with E-state index in [1.54, 1.807) is 4.90 Å². The average molecular weight is 443 g/mol. The minimum atomic E-state index is -0.108. The first-order valence-electron chi connectivity index (χ1n) is 9.58. The molecule has 1 aliphatic rings. The van der Waals surface area contributed by atoms with Gasteiger partial charge in [0, 0.05) is 16.7 Å². The van der Waals surface area contributed by atoms with Gasteiger partial charge in [0.25, 0.3) is 5.91 Å². The molecule has 3 heterocycles. The summed E-state index contributed by atoms with van der Waals surface area (Å²) in [4.78, 5) is 20.8. The van der Waals surface area contributed by atoms with Gasteiger partial charge in [-0.3, -0.25) is 9.69 Å². The van der Waals surface area contributed by atoms with Crippen LogP contribution < -0.4 is 4.90 Å². The Labute approximate surface area is 181 Å². The lowest BCUT2D eigenvalue weighted by atomic mass is 10.2. The van der Waals surface area contributed by atoms with E-state index in [9.17, 15) is 4.79 Å². The van der Waals surface area contributed by atoms with E-state index >= 15 is 0 Å². The molecule has 4 aromatic rings. The number of ether oxygens (including phenoxy) is 1. The van der Waals surface area contributed by atoms with E-state index in [0.717, 1.165) is 45.3 Å². The molecule has 5 rings (SSSR count). The van der Waals surface area contributed by atoms with Gasteiger partial charge in [-0.25, -0.2) is 4.98 Å². The molecule has 1 saturated heterocycles. The molecule has 2 aromatic carbocycles. The Morgan fingerprint density at radius 2 is 2.03 bits per heavy atom. The maximum atomic E-state index is 13.6. The second kappa shape index (κ2) is 7.69. The smallest absolute Gasteiger partial charge is 0.271 e. The summed E-state index contributed by atoms with van der Waals surface area (Å²) >= 11 is 9.59. The van der Waals surface area contributed by atoms with Crippen LogP contribution in [0.5, 0.6) is 0 Å². The largest absolute Gasteiger partial charge is 0.376 e. The first-order valence-corrected chi connectivity index (χ1v) is 11.6. The molecule has 0 saturated carbocycles. The number of para-hydroxylation sites is 1. The molecule has 4 nitrogen and oxygen atoms in total. The number of rotatable bonds is 4. The van der Waals surface area contributed by atoms with E-state index < -0.39 is 0 Å². The van der Waals surface area contributed by atoms with Crippen molar-refractivity contribution in [3.63, 3.8) is 0 Å². The van der Waals surface area contributed by atoms with Crippen molar-refractivity contribution in [2.24, 2.45) is 0 Å². The highest BCUT2D eigenvalue weighted by atomic mass is 35.5. The molecule has 1 amide bonds. The van der Waals surface area contributed by atoms with Gasteiger partial charge in [0.15, 0.2) is 5.13 Å². The van der Waals surface area contributed by atoms with Crippen LogP contribution in [-0.4, -0.2) is 30.1 Å². The molecule has 0 aliphatic carbocycles. The summed E-state index contributed by atoms with van der Waals surface area (Å²) in [5.41, 5.74) is 2.05. The highest BCUT2D eigenvalue weighted by molar-refractivity contribution is 7.23. The lowest BCUT2D eigenvalue weighted by molar-refractivity contribution is 0.0921. The number of carbonyl (C=O) groups excluding carboxylic acids is 1. The normalized spacial score (nSPS) is 16.7. The number of anilines is 1. The van der Waals surface area contributed by atoms with Crippen LogP contribution >= 0.6 is 34.3 Å². The third-order valence-corrected chi connectivity index (χ3v) is 7.93. The van der Waals surface area contributed by atoms with Gasteiger partial charge in [-0.05, 0) is 37.5 Å². The van der Waals surface area contributed by atoms with E-state index in [1.807, 2.05) is 49.4 Å². The minimum Gasteiger partial charge on any atom is -0.376 e. The summed E-state index contributed by atoms with van der Waals surface area (Å²) in [6.45, 7) is 3.28. The van der Waals surface area contributed by atoms with Crippen molar-refractivity contribution in [3.05, 3.63) is 57.9 Å². The van der Waals surface area contributed by atoms with Crippen molar-refractivity contribution in [2.75, 3.05) is 18.1 Å². The lowest BCUT2D eigenvalue weighted by Crippen LogP contribution is -2.37. The summed E-state index contributed by atoms with van der Waals surface area (Å²) in [5, 5.41) is 2.13. The molecule has 2 aromatic heterocycles. The maximum Gasteiger partial charge on any atom is 0.271 e. The third-order valence-electron chi connectivity index (χ3n) is 5.22. The summed E-state index contributed by atoms with van der Waals surface area (Å²) in [5.74, 6) is -0.108. The van der Waals surface area contributed by atoms with Crippen LogP contribution in [0.25, 0.3) is 20.3 Å². The third kappa shape index (κ3) is 3.44. The van der Waals surface area contributed by atoms with Crippen LogP contribution in [0.3, 0.4) is 0 Å². The lowest BCUT2D eigenvalue weighted by Gasteiger charge is -2.22. The number of thiazole rings is 1. The Morgan fingerprint density at radius 1 is 1.21 bits per heavy atom. The maximum absolute atomic E-state index is 13.6. The average Bonchev–Trinajstić information content (AvgIpc) is 3.45. The van der Waals surface area contributed by atoms with Crippen LogP contribution in [0.4, 0.5) is 5.13 Å². The van der Waals surface area contributed by atoms with E-state index in [4.69, 9.17) is 21.3 Å². The molecule has 0 spiro atoms. The molecule has 1 atom stereocenters. The Kier molecular flexibility index (Phi) is 5.04. The number of benzene rings is 2. The monoisotopic (exact) mass is 442 g/mol. The molecule has 148 valence electrons. The number of nitrogens with zero attached hydrogens (tertiary/aromatic N) is 2. The van der Waals surface area contributed by atoms with Crippen molar-refractivity contribution >= 4 is 65.6 Å². The number of carbonyl (C=O) groups is 1. The number of aryl methyl sites for hydroxylation is 1. The topological polar surface area (TPSA) is 42.4 Å². The molecule has 7 heteroatoms. The van der Waals surface area contributed by atoms with Crippen LogP contribution in [0.1, 0.15) is 28.1 Å². The molecular weight excluding hydrogens is 424 g/mol. The molecule has 0 N–H and O–H groups in total. The molecule has 0 radical (unpaired) electrons. The van der Waals surface area contributed by atoms with Crippen molar-refractivity contribution in [2.45, 2.75) is 25.9 Å². The first-order chi connectivity index (χ1) is 14.1. The number of fused-ring (bicyclic) bond motifs is 2. The zero-order valence-electron chi connectivity index (χ0n) is 15.9. The summed E-state index contributed by atoms with van der Waals surface area (Å²) < 4.78 is 7.92. The number of thiophene rings is 1. The highest BCUT2D eigenvalue weighted by Crippen LogP contribution is 2.38. The summed E-state index contributed by atoms with van der Waals surface area (Å²) in [6.07, 6.45) is 2.00. The Morgan fingerprint density at radius 3 is 2.79 bits per heavy atom. The van der Waals surface area contributed by atoms with Gasteiger partial charge < -0.3 is 4.74 Å². The number of hydrogen-bond acceptors (Lipinski definition) is 5. The number of amides is 1. The molecule has 1 aliphatic heterocycles. The Hall–Kier alpha value is -1.99. The zero-order valence-corrected chi connectivity index (χ0v) is 18.2. The fourth-order valence-corrected chi connectivity index (χ4v) is 6.22. The molecule has 0 bridgehead atoms. The summed E-state index contributed by atoms with van der Waals surface area (Å²) in [6, 6.07) is 14.0. The second-order valence-electron chi connectivity index (χ2n) is 7.21. The van der Waals surface area contributed by atoms with Gasteiger partial charge in [-0.2, -0.15) is 0 Å². The molecular formula is C22H19ClN2O2S2. The van der Waals surface area contributed by atoms with Crippen LogP contribution in [0.2, 0.25) is 5.02 Å². The van der Waals surface area contributed by atoms with E-state index in [1.165, 1.54) is 22.7 Å². The fourth-order valence-electron chi connectivity index (χ4n) is 3.70. The van der Waals surface area contributed by atoms with Crippen LogP contribution in [-0.2, 0) is 4.74 Å². The van der Waals surface area contributed by atoms with E-state index in [2.05, 4.69) is 0 Å². The van der Waals surface area contributed by atoms with E-state index in [-0.39, 0.29) is 12.0 Å². The number of hydrogen-bond donors (Lipinski definition) is 0. The van der Waals surface area contributed by atoms with Gasteiger partial charge in [0.05, 0.1) is 27.9 Å². The highest BCUT2D eigenvalue weighted by Gasteiger charge is 2.30. The SMILES string of the molecule is Cc1cccc2sc(N(CC3CCCO3)C(=O)c3sc4ccccc4c3Cl)nc12. The summed E-state index contributed by atoms with van der Waals surface area (Å²) in [7, 11) is 0. The van der Waals surface area contributed by atoms with Crippen molar-refractivity contribution < 1.29 is 9.53 Å². The Bertz CT molecular complexity index is 1210. The van der Waals surface area contributed by atoms with Crippen molar-refractivity contribution in [1.82, 2.24) is 4.98 Å². The first kappa shape index (κ1) is 19.0. The van der Waals surface area contributed by atoms with Crippen LogP contribution in [0, 0.1) is 6.92 Å². The van der Waals surface area contributed by atoms with Crippen molar-refractivity contribution in [3.8, 4) is 0 Å². The van der Waals surface area contributed by atoms with Crippen molar-refractivity contribution in [1.29, 1.82) is 0 Å². The quantitative estimate of drug-likeness (QED) is 0.372. The minimum absolute atomic E-state index is 0.0280. The van der Waals surface area contributed by atoms with E-state index in [0.29, 0.717) is 21.6 Å². The van der Waals surface area contributed by atoms with Gasteiger partial charge in [0.1, 0.15) is 4.88 Å². The van der Waals surface area contributed by atoms with Gasteiger partial charge in [-0.15, -0.1) is 11.3 Å². The number of halogens is 1. The standard InChI is InChI=1S/C22H19ClN2O2S2/c1-13-6-4-10-17-19(13)24-22(29-17)25(12-14-7-5-11-27-14)21(26)20-18(23)15-8-2-3-9-16(15)28-20/h2-4,6,8-10,14H,5,7,11-12H2,1H3. The molecule has 1 fully saturated rings. The molecule has 1 unspecified atom stereocenters. The van der Waals surface area contributed by atoms with Gasteiger partial charge in [0.2, 0.25) is 0 Å².